The number of amides is 1. The van der Waals surface area contributed by atoms with Crippen LogP contribution in [0.5, 0.6) is 0 Å². The number of carbonyl (C=O) groups is 1. The number of hydrogen-bond donors (Lipinski definition) is 2. The summed E-state index contributed by atoms with van der Waals surface area (Å²) in [4.78, 5) is 11.5. The fourth-order valence-electron chi connectivity index (χ4n) is 1.34. The maximum Gasteiger partial charge on any atom is 0.227 e. The van der Waals surface area contributed by atoms with Gasteiger partial charge < -0.3 is 10.4 Å². The molecule has 1 rings (SSSR count). The second-order valence-electron chi connectivity index (χ2n) is 4.53. The zero-order chi connectivity index (χ0) is 10.1. The first kappa shape index (κ1) is 10.3. The first-order valence-electron chi connectivity index (χ1n) is 4.57. The molecule has 2 atom stereocenters. The van der Waals surface area contributed by atoms with Gasteiger partial charge in [0.15, 0.2) is 0 Å². The Kier molecular flexibility index (Phi) is 2.76. The van der Waals surface area contributed by atoms with Gasteiger partial charge >= 0.3 is 0 Å². The molecular weight excluding hydrogens is 166 g/mol. The van der Waals surface area contributed by atoms with Gasteiger partial charge in [-0.1, -0.05) is 12.2 Å². The number of nitrogens with one attached hydrogen (secondary N) is 1. The maximum atomic E-state index is 11.5. The number of rotatable bonds is 1. The average molecular weight is 183 g/mol. The molecule has 2 N–H and O–H groups in total. The standard InChI is InChI=1S/C10H17NO2/c1-10(2,3)11-9(13)7-4-5-8(12)6-7/h4-5,7-8,12H,6H2,1-3H3,(H,11,13). The molecule has 0 heterocycles. The van der Waals surface area contributed by atoms with E-state index in [2.05, 4.69) is 5.32 Å². The molecule has 0 radical (unpaired) electrons. The predicted octanol–water partition coefficient (Wildman–Crippen LogP) is 0.838. The second kappa shape index (κ2) is 3.50. The molecule has 3 heteroatoms. The van der Waals surface area contributed by atoms with Crippen molar-refractivity contribution in [1.29, 1.82) is 0 Å². The third kappa shape index (κ3) is 3.19. The summed E-state index contributed by atoms with van der Waals surface area (Å²) in [7, 11) is 0. The van der Waals surface area contributed by atoms with Crippen molar-refractivity contribution in [2.24, 2.45) is 5.92 Å². The molecule has 1 aliphatic rings. The highest BCUT2D eigenvalue weighted by atomic mass is 16.3. The van der Waals surface area contributed by atoms with Gasteiger partial charge in [0.2, 0.25) is 5.91 Å². The van der Waals surface area contributed by atoms with Gasteiger partial charge in [-0.05, 0) is 27.2 Å². The van der Waals surface area contributed by atoms with E-state index in [-0.39, 0.29) is 17.4 Å². The molecule has 0 bridgehead atoms. The highest BCUT2D eigenvalue weighted by molar-refractivity contribution is 5.81. The monoisotopic (exact) mass is 183 g/mol. The largest absolute Gasteiger partial charge is 0.389 e. The molecule has 0 aliphatic heterocycles. The van der Waals surface area contributed by atoms with E-state index in [0.717, 1.165) is 0 Å². The van der Waals surface area contributed by atoms with E-state index in [0.29, 0.717) is 6.42 Å². The van der Waals surface area contributed by atoms with Gasteiger partial charge in [-0.2, -0.15) is 0 Å². The molecule has 0 saturated carbocycles. The van der Waals surface area contributed by atoms with Gasteiger partial charge in [0.1, 0.15) is 0 Å². The maximum absolute atomic E-state index is 11.5. The first-order chi connectivity index (χ1) is 5.88. The zero-order valence-corrected chi connectivity index (χ0v) is 8.37. The molecular formula is C10H17NO2. The summed E-state index contributed by atoms with van der Waals surface area (Å²) < 4.78 is 0. The minimum absolute atomic E-state index is 0.000278. The molecule has 2 unspecified atom stereocenters. The summed E-state index contributed by atoms with van der Waals surface area (Å²) in [6.07, 6.45) is 3.51. The molecule has 1 aliphatic carbocycles. The SMILES string of the molecule is CC(C)(C)NC(=O)C1C=CC(O)C1. The summed E-state index contributed by atoms with van der Waals surface area (Å²) in [5.41, 5.74) is -0.196. The lowest BCUT2D eigenvalue weighted by Crippen LogP contribution is -2.43. The Balaban J connectivity index is 2.46. The fraction of sp³-hybridized carbons (Fsp3) is 0.700. The van der Waals surface area contributed by atoms with Crippen molar-refractivity contribution in [3.8, 4) is 0 Å². The minimum atomic E-state index is -0.448. The molecule has 1 amide bonds. The van der Waals surface area contributed by atoms with Crippen molar-refractivity contribution in [2.45, 2.75) is 38.8 Å². The number of aliphatic hydroxyl groups excluding tert-OH is 1. The van der Waals surface area contributed by atoms with Gasteiger partial charge in [-0.15, -0.1) is 0 Å². The van der Waals surface area contributed by atoms with Crippen LogP contribution in [0.1, 0.15) is 27.2 Å². The lowest BCUT2D eigenvalue weighted by molar-refractivity contribution is -0.125. The topological polar surface area (TPSA) is 49.3 Å². The molecule has 0 fully saturated rings. The quantitative estimate of drug-likeness (QED) is 0.592. The van der Waals surface area contributed by atoms with Crippen LogP contribution in [0.15, 0.2) is 12.2 Å². The van der Waals surface area contributed by atoms with E-state index in [9.17, 15) is 9.90 Å². The van der Waals surface area contributed by atoms with E-state index < -0.39 is 6.10 Å². The number of carbonyl (C=O) groups excluding carboxylic acids is 1. The molecule has 0 spiro atoms. The average Bonchev–Trinajstić information content (AvgIpc) is 2.31. The van der Waals surface area contributed by atoms with Crippen molar-refractivity contribution >= 4 is 5.91 Å². The highest BCUT2D eigenvalue weighted by Crippen LogP contribution is 2.18. The van der Waals surface area contributed by atoms with Crippen LogP contribution in [-0.4, -0.2) is 22.7 Å². The van der Waals surface area contributed by atoms with Crippen LogP contribution in [0.2, 0.25) is 0 Å². The van der Waals surface area contributed by atoms with Crippen LogP contribution < -0.4 is 5.32 Å². The van der Waals surface area contributed by atoms with Gasteiger partial charge in [0.05, 0.1) is 12.0 Å². The van der Waals surface area contributed by atoms with E-state index in [1.54, 1.807) is 12.2 Å². The van der Waals surface area contributed by atoms with Crippen LogP contribution >= 0.6 is 0 Å². The number of hydrogen-bond acceptors (Lipinski definition) is 2. The minimum Gasteiger partial charge on any atom is -0.389 e. The van der Waals surface area contributed by atoms with Gasteiger partial charge in [-0.25, -0.2) is 0 Å². The van der Waals surface area contributed by atoms with Crippen LogP contribution in [0.4, 0.5) is 0 Å². The molecule has 0 aromatic heterocycles. The molecule has 13 heavy (non-hydrogen) atoms. The van der Waals surface area contributed by atoms with Crippen molar-refractivity contribution in [1.82, 2.24) is 5.32 Å². The Labute approximate surface area is 78.8 Å². The normalized spacial score (nSPS) is 27.7. The lowest BCUT2D eigenvalue weighted by atomic mass is 10.0. The Bertz CT molecular complexity index is 228. The summed E-state index contributed by atoms with van der Waals surface area (Å²) >= 11 is 0. The molecule has 0 aromatic carbocycles. The number of aliphatic hydroxyl groups is 1. The summed E-state index contributed by atoms with van der Waals surface area (Å²) in [5.74, 6) is -0.158. The highest BCUT2D eigenvalue weighted by Gasteiger charge is 2.25. The van der Waals surface area contributed by atoms with Crippen LogP contribution in [0.3, 0.4) is 0 Å². The van der Waals surface area contributed by atoms with E-state index in [1.165, 1.54) is 0 Å². The third-order valence-corrected chi connectivity index (χ3v) is 1.90. The van der Waals surface area contributed by atoms with E-state index in [1.807, 2.05) is 20.8 Å². The zero-order valence-electron chi connectivity index (χ0n) is 8.37. The van der Waals surface area contributed by atoms with Crippen molar-refractivity contribution < 1.29 is 9.90 Å². The molecule has 74 valence electrons. The van der Waals surface area contributed by atoms with Gasteiger partial charge in [0, 0.05) is 5.54 Å². The molecule has 0 aromatic rings. The Hall–Kier alpha value is -0.830. The first-order valence-corrected chi connectivity index (χ1v) is 4.57. The third-order valence-electron chi connectivity index (χ3n) is 1.90. The van der Waals surface area contributed by atoms with E-state index in [4.69, 9.17) is 0 Å². The van der Waals surface area contributed by atoms with Crippen molar-refractivity contribution in [3.63, 3.8) is 0 Å². The van der Waals surface area contributed by atoms with Crippen LogP contribution in [0.25, 0.3) is 0 Å². The van der Waals surface area contributed by atoms with Crippen LogP contribution in [-0.2, 0) is 4.79 Å². The second-order valence-corrected chi connectivity index (χ2v) is 4.53. The summed E-state index contributed by atoms with van der Waals surface area (Å²) in [6, 6.07) is 0. The van der Waals surface area contributed by atoms with Crippen LogP contribution in [0, 0.1) is 5.92 Å². The van der Waals surface area contributed by atoms with Crippen molar-refractivity contribution in [2.75, 3.05) is 0 Å². The van der Waals surface area contributed by atoms with Gasteiger partial charge in [0.25, 0.3) is 0 Å². The Morgan fingerprint density at radius 2 is 2.08 bits per heavy atom. The lowest BCUT2D eigenvalue weighted by Gasteiger charge is -2.22. The molecule has 3 nitrogen and oxygen atoms in total. The van der Waals surface area contributed by atoms with Crippen molar-refractivity contribution in [3.05, 3.63) is 12.2 Å². The Morgan fingerprint density at radius 1 is 1.46 bits per heavy atom. The predicted molar refractivity (Wildman–Crippen MR) is 51.1 cm³/mol. The van der Waals surface area contributed by atoms with E-state index >= 15 is 0 Å². The Morgan fingerprint density at radius 3 is 2.46 bits per heavy atom. The molecule has 0 saturated heterocycles. The fourth-order valence-corrected chi connectivity index (χ4v) is 1.34. The summed E-state index contributed by atoms with van der Waals surface area (Å²) in [5, 5.41) is 12.1. The summed E-state index contributed by atoms with van der Waals surface area (Å²) in [6.45, 7) is 5.83. The van der Waals surface area contributed by atoms with Gasteiger partial charge in [-0.3, -0.25) is 4.79 Å². The smallest absolute Gasteiger partial charge is 0.227 e.